The first-order valence-electron chi connectivity index (χ1n) is 7.24. The molecule has 0 unspecified atom stereocenters. The van der Waals surface area contributed by atoms with Crippen LogP contribution in [0.3, 0.4) is 0 Å². The van der Waals surface area contributed by atoms with Crippen molar-refractivity contribution in [3.63, 3.8) is 0 Å². The molecule has 130 valence electrons. The third-order valence-electron chi connectivity index (χ3n) is 2.26. The molecule has 0 aromatic rings. The summed E-state index contributed by atoms with van der Waals surface area (Å²) in [6.07, 6.45) is 1.36. The summed E-state index contributed by atoms with van der Waals surface area (Å²) in [7, 11) is -3.74. The second kappa shape index (κ2) is 12.6. The maximum absolute atomic E-state index is 12.4. The van der Waals surface area contributed by atoms with Crippen LogP contribution in [-0.4, -0.2) is 51.3 Å². The van der Waals surface area contributed by atoms with Gasteiger partial charge < -0.3 is 14.2 Å². The van der Waals surface area contributed by atoms with Crippen molar-refractivity contribution in [2.75, 3.05) is 39.4 Å². The molecular formula is C13H25O8P. The summed E-state index contributed by atoms with van der Waals surface area (Å²) in [5.74, 6) is -1.34. The van der Waals surface area contributed by atoms with Gasteiger partial charge in [0.1, 0.15) is 6.35 Å². The van der Waals surface area contributed by atoms with Crippen LogP contribution in [0.4, 0.5) is 0 Å². The minimum Gasteiger partial charge on any atom is -0.464 e. The molecule has 0 aliphatic carbocycles. The Hall–Kier alpha value is -0.950. The number of rotatable bonds is 13. The Kier molecular flexibility index (Phi) is 12.0. The Morgan fingerprint density at radius 3 is 1.82 bits per heavy atom. The van der Waals surface area contributed by atoms with Gasteiger partial charge in [0.25, 0.3) is 0 Å². The highest BCUT2D eigenvalue weighted by Gasteiger charge is 2.28. The molecule has 0 bridgehead atoms. The molecule has 0 saturated heterocycles. The lowest BCUT2D eigenvalue weighted by Crippen LogP contribution is -2.17. The van der Waals surface area contributed by atoms with Crippen LogP contribution in [-0.2, 0) is 37.4 Å². The Morgan fingerprint density at radius 2 is 1.41 bits per heavy atom. The molecule has 0 spiro atoms. The molecule has 8 nitrogen and oxygen atoms in total. The number of carbonyl (C=O) groups is 2. The van der Waals surface area contributed by atoms with Crippen molar-refractivity contribution in [3.05, 3.63) is 0 Å². The average Bonchev–Trinajstić information content (AvgIpc) is 2.49. The first kappa shape index (κ1) is 21.0. The van der Waals surface area contributed by atoms with Crippen molar-refractivity contribution in [1.82, 2.24) is 0 Å². The minimum absolute atomic E-state index is 0.184. The molecule has 0 aliphatic heterocycles. The predicted molar refractivity (Wildman–Crippen MR) is 78.5 cm³/mol. The highest BCUT2D eigenvalue weighted by atomic mass is 31.2. The molecule has 9 heteroatoms. The summed E-state index contributed by atoms with van der Waals surface area (Å²) < 4.78 is 36.9. The molecule has 0 aliphatic rings. The molecule has 0 heterocycles. The van der Waals surface area contributed by atoms with Gasteiger partial charge in [0.05, 0.1) is 13.2 Å². The van der Waals surface area contributed by atoms with Crippen molar-refractivity contribution in [3.8, 4) is 0 Å². The Balaban J connectivity index is 4.42. The monoisotopic (exact) mass is 340 g/mol. The van der Waals surface area contributed by atoms with E-state index in [1.165, 1.54) is 0 Å². The van der Waals surface area contributed by atoms with Gasteiger partial charge in [-0.15, -0.1) is 0 Å². The second-order valence-corrected chi connectivity index (χ2v) is 6.16. The van der Waals surface area contributed by atoms with Crippen molar-refractivity contribution >= 4 is 19.5 Å². The summed E-state index contributed by atoms with van der Waals surface area (Å²) in [4.78, 5) is 22.5. The second-order valence-electron chi connectivity index (χ2n) is 4.16. The van der Waals surface area contributed by atoms with E-state index in [0.29, 0.717) is 6.61 Å². The molecule has 0 N–H and O–H groups in total. The van der Waals surface area contributed by atoms with Crippen LogP contribution in [0.2, 0.25) is 0 Å². The molecule has 0 aromatic carbocycles. The van der Waals surface area contributed by atoms with Crippen LogP contribution in [0.25, 0.3) is 0 Å². The van der Waals surface area contributed by atoms with Crippen LogP contribution in [0.15, 0.2) is 0 Å². The first-order chi connectivity index (χ1) is 10.5. The Labute approximate surface area is 130 Å². The molecular weight excluding hydrogens is 315 g/mol. The van der Waals surface area contributed by atoms with Gasteiger partial charge in [-0.25, -0.2) is 9.59 Å². The zero-order valence-corrected chi connectivity index (χ0v) is 14.3. The molecule has 0 atom stereocenters. The van der Waals surface area contributed by atoms with Crippen molar-refractivity contribution in [1.29, 1.82) is 0 Å². The predicted octanol–water partition coefficient (Wildman–Crippen LogP) is 2.11. The Bertz CT molecular complexity index is 345. The maximum Gasteiger partial charge on any atom is 0.357 e. The number of unbranched alkanes of at least 4 members (excludes halogenated alkanes) is 1. The summed E-state index contributed by atoms with van der Waals surface area (Å²) in [6.45, 7) is 4.94. The van der Waals surface area contributed by atoms with E-state index in [-0.39, 0.29) is 19.6 Å². The quantitative estimate of drug-likeness (QED) is 0.286. The van der Waals surface area contributed by atoms with E-state index in [2.05, 4.69) is 9.47 Å². The third-order valence-corrected chi connectivity index (χ3v) is 3.80. The van der Waals surface area contributed by atoms with Gasteiger partial charge in [0.2, 0.25) is 0 Å². The van der Waals surface area contributed by atoms with E-state index in [1.807, 2.05) is 6.92 Å². The molecule has 0 aromatic heterocycles. The van der Waals surface area contributed by atoms with E-state index in [1.54, 1.807) is 13.8 Å². The number of hydrogen-bond donors (Lipinski definition) is 0. The largest absolute Gasteiger partial charge is 0.464 e. The van der Waals surface area contributed by atoms with Crippen LogP contribution in [0.1, 0.15) is 33.6 Å². The average molecular weight is 340 g/mol. The van der Waals surface area contributed by atoms with Crippen LogP contribution >= 0.6 is 7.60 Å². The van der Waals surface area contributed by atoms with Crippen molar-refractivity contribution < 1.29 is 37.4 Å². The minimum atomic E-state index is -3.74. The van der Waals surface area contributed by atoms with E-state index < -0.39 is 32.7 Å². The fraction of sp³-hybridized carbons (Fsp3) is 0.846. The SMILES string of the molecule is CCCCOCP(=O)(OCC(=O)OCC)OCC(=O)OCC. The van der Waals surface area contributed by atoms with E-state index in [9.17, 15) is 14.2 Å². The summed E-state index contributed by atoms with van der Waals surface area (Å²) in [5.41, 5.74) is 0. The molecule has 0 rings (SSSR count). The fourth-order valence-electron chi connectivity index (χ4n) is 1.24. The zero-order valence-electron chi connectivity index (χ0n) is 13.4. The number of hydrogen-bond acceptors (Lipinski definition) is 8. The lowest BCUT2D eigenvalue weighted by molar-refractivity contribution is -0.146. The highest BCUT2D eigenvalue weighted by molar-refractivity contribution is 7.53. The third kappa shape index (κ3) is 10.7. The van der Waals surface area contributed by atoms with Gasteiger partial charge in [0, 0.05) is 6.61 Å². The molecule has 0 saturated carbocycles. The van der Waals surface area contributed by atoms with Gasteiger partial charge in [-0.3, -0.25) is 13.6 Å². The van der Waals surface area contributed by atoms with Crippen LogP contribution in [0.5, 0.6) is 0 Å². The fourth-order valence-corrected chi connectivity index (χ4v) is 2.42. The van der Waals surface area contributed by atoms with Crippen molar-refractivity contribution in [2.24, 2.45) is 0 Å². The van der Waals surface area contributed by atoms with Gasteiger partial charge in [-0.05, 0) is 20.3 Å². The molecule has 22 heavy (non-hydrogen) atoms. The van der Waals surface area contributed by atoms with Gasteiger partial charge in [-0.1, -0.05) is 13.3 Å². The van der Waals surface area contributed by atoms with E-state index in [0.717, 1.165) is 12.8 Å². The lowest BCUT2D eigenvalue weighted by Gasteiger charge is -2.17. The standard InChI is InChI=1S/C13H25O8P/c1-4-7-8-17-11-22(16,20-9-12(14)18-5-2)21-10-13(15)19-6-3/h4-11H2,1-3H3. The lowest BCUT2D eigenvalue weighted by atomic mass is 10.4. The van der Waals surface area contributed by atoms with Crippen molar-refractivity contribution in [2.45, 2.75) is 33.6 Å². The van der Waals surface area contributed by atoms with Gasteiger partial charge >= 0.3 is 19.5 Å². The van der Waals surface area contributed by atoms with Crippen LogP contribution in [0, 0.1) is 0 Å². The first-order valence-corrected chi connectivity index (χ1v) is 8.97. The Morgan fingerprint density at radius 1 is 0.909 bits per heavy atom. The van der Waals surface area contributed by atoms with E-state index in [4.69, 9.17) is 13.8 Å². The van der Waals surface area contributed by atoms with E-state index >= 15 is 0 Å². The molecule has 0 amide bonds. The molecule has 0 radical (unpaired) electrons. The summed E-state index contributed by atoms with van der Waals surface area (Å²) in [5, 5.41) is 0. The number of carbonyl (C=O) groups excluding carboxylic acids is 2. The summed E-state index contributed by atoms with van der Waals surface area (Å²) >= 11 is 0. The highest BCUT2D eigenvalue weighted by Crippen LogP contribution is 2.48. The zero-order chi connectivity index (χ0) is 16.8. The topological polar surface area (TPSA) is 97.4 Å². The van der Waals surface area contributed by atoms with Crippen LogP contribution < -0.4 is 0 Å². The normalized spacial score (nSPS) is 11.2. The molecule has 0 fully saturated rings. The summed E-state index contributed by atoms with van der Waals surface area (Å²) in [6, 6.07) is 0. The maximum atomic E-state index is 12.4. The number of ether oxygens (including phenoxy) is 3. The smallest absolute Gasteiger partial charge is 0.357 e. The van der Waals surface area contributed by atoms with Gasteiger partial charge in [0.15, 0.2) is 13.2 Å². The number of esters is 2. The van der Waals surface area contributed by atoms with Gasteiger partial charge in [-0.2, -0.15) is 0 Å².